The van der Waals surface area contributed by atoms with Crippen molar-refractivity contribution in [3.05, 3.63) is 66.2 Å². The smallest absolute Gasteiger partial charge is 0.224 e. The van der Waals surface area contributed by atoms with E-state index in [-0.39, 0.29) is 17.9 Å². The standard InChI is InChI=1S/C21H21N3O/c25-21(23-17-7-8-18-11-22-13-24(18)12-17)20-10-19(20)16-6-5-14-3-1-2-4-15(14)9-16/h1-6,9,11,13,17,19-20H,7-8,10,12H2,(H,23,25)/t17?,19-,20+/m0/s1. The molecule has 1 unspecified atom stereocenters. The molecule has 1 fully saturated rings. The summed E-state index contributed by atoms with van der Waals surface area (Å²) in [5.74, 6) is 0.717. The van der Waals surface area contributed by atoms with E-state index in [9.17, 15) is 4.79 Å². The minimum Gasteiger partial charge on any atom is -0.351 e. The molecular formula is C21H21N3O. The number of aromatic nitrogens is 2. The highest BCUT2D eigenvalue weighted by atomic mass is 16.2. The molecule has 4 nitrogen and oxygen atoms in total. The quantitative estimate of drug-likeness (QED) is 0.801. The summed E-state index contributed by atoms with van der Waals surface area (Å²) >= 11 is 0. The highest BCUT2D eigenvalue weighted by Crippen LogP contribution is 2.48. The molecule has 4 heteroatoms. The summed E-state index contributed by atoms with van der Waals surface area (Å²) in [6.45, 7) is 0.842. The van der Waals surface area contributed by atoms with Crippen molar-refractivity contribution in [3.63, 3.8) is 0 Å². The summed E-state index contributed by atoms with van der Waals surface area (Å²) in [5, 5.41) is 5.77. The number of aryl methyl sites for hydroxylation is 1. The maximum Gasteiger partial charge on any atom is 0.224 e. The fourth-order valence-electron chi connectivity index (χ4n) is 4.09. The second-order valence-electron chi connectivity index (χ2n) is 7.34. The van der Waals surface area contributed by atoms with Gasteiger partial charge >= 0.3 is 0 Å². The molecule has 1 amide bonds. The predicted octanol–water partition coefficient (Wildman–Crippen LogP) is 3.27. The number of rotatable bonds is 3. The van der Waals surface area contributed by atoms with Crippen molar-refractivity contribution in [2.75, 3.05) is 0 Å². The summed E-state index contributed by atoms with van der Waals surface area (Å²) < 4.78 is 2.15. The van der Waals surface area contributed by atoms with Gasteiger partial charge in [0.25, 0.3) is 0 Å². The lowest BCUT2D eigenvalue weighted by molar-refractivity contribution is -0.123. The summed E-state index contributed by atoms with van der Waals surface area (Å²) in [6.07, 6.45) is 6.75. The number of hydrogen-bond acceptors (Lipinski definition) is 2. The Morgan fingerprint density at radius 2 is 2.04 bits per heavy atom. The molecule has 1 N–H and O–H groups in total. The van der Waals surface area contributed by atoms with Crippen LogP contribution in [0.4, 0.5) is 0 Å². The molecular weight excluding hydrogens is 310 g/mol. The molecule has 1 aliphatic heterocycles. The van der Waals surface area contributed by atoms with Crippen LogP contribution in [0.5, 0.6) is 0 Å². The Bertz CT molecular complexity index is 945. The molecule has 0 spiro atoms. The third-order valence-electron chi connectivity index (χ3n) is 5.64. The first-order valence-electron chi connectivity index (χ1n) is 9.06. The Morgan fingerprint density at radius 3 is 2.96 bits per heavy atom. The van der Waals surface area contributed by atoms with Crippen LogP contribution in [0.25, 0.3) is 10.8 Å². The lowest BCUT2D eigenvalue weighted by atomic mass is 10.0. The van der Waals surface area contributed by atoms with Crippen LogP contribution in [0.2, 0.25) is 0 Å². The molecule has 2 aromatic carbocycles. The number of benzene rings is 2. The maximum atomic E-state index is 12.6. The third kappa shape index (κ3) is 2.72. The Hall–Kier alpha value is -2.62. The molecule has 1 aliphatic carbocycles. The molecule has 0 bridgehead atoms. The van der Waals surface area contributed by atoms with Gasteiger partial charge in [-0.3, -0.25) is 4.79 Å². The van der Waals surface area contributed by atoms with Gasteiger partial charge in [0.2, 0.25) is 5.91 Å². The summed E-state index contributed by atoms with van der Waals surface area (Å²) in [6, 6.07) is 15.2. The van der Waals surface area contributed by atoms with Gasteiger partial charge in [0, 0.05) is 30.4 Å². The average Bonchev–Trinajstić information content (AvgIpc) is 3.32. The van der Waals surface area contributed by atoms with Crippen molar-refractivity contribution in [1.82, 2.24) is 14.9 Å². The molecule has 3 aromatic rings. The van der Waals surface area contributed by atoms with E-state index in [1.165, 1.54) is 22.0 Å². The summed E-state index contributed by atoms with van der Waals surface area (Å²) in [5.41, 5.74) is 2.56. The second-order valence-corrected chi connectivity index (χ2v) is 7.34. The van der Waals surface area contributed by atoms with Crippen LogP contribution >= 0.6 is 0 Å². The largest absolute Gasteiger partial charge is 0.351 e. The summed E-state index contributed by atoms with van der Waals surface area (Å²) in [4.78, 5) is 16.8. The first kappa shape index (κ1) is 14.7. The molecule has 3 atom stereocenters. The fourth-order valence-corrected chi connectivity index (χ4v) is 4.09. The number of hydrogen-bond donors (Lipinski definition) is 1. The minimum atomic E-state index is 0.130. The van der Waals surface area contributed by atoms with Crippen LogP contribution < -0.4 is 5.32 Å². The molecule has 25 heavy (non-hydrogen) atoms. The predicted molar refractivity (Wildman–Crippen MR) is 97.3 cm³/mol. The van der Waals surface area contributed by atoms with E-state index in [1.807, 2.05) is 12.5 Å². The van der Waals surface area contributed by atoms with E-state index >= 15 is 0 Å². The lowest BCUT2D eigenvalue weighted by Crippen LogP contribution is -2.41. The SMILES string of the molecule is O=C(NC1CCc2cncn2C1)[C@@H]1C[C@H]1c1ccc2ccccc2c1. The maximum absolute atomic E-state index is 12.6. The van der Waals surface area contributed by atoms with Crippen molar-refractivity contribution in [2.24, 2.45) is 5.92 Å². The van der Waals surface area contributed by atoms with Crippen molar-refractivity contribution in [3.8, 4) is 0 Å². The minimum absolute atomic E-state index is 0.130. The van der Waals surface area contributed by atoms with E-state index in [0.29, 0.717) is 5.92 Å². The van der Waals surface area contributed by atoms with E-state index < -0.39 is 0 Å². The number of carbonyl (C=O) groups excluding carboxylic acids is 1. The van der Waals surface area contributed by atoms with Crippen LogP contribution in [-0.4, -0.2) is 21.5 Å². The van der Waals surface area contributed by atoms with Crippen molar-refractivity contribution < 1.29 is 4.79 Å². The molecule has 1 aromatic heterocycles. The number of nitrogens with one attached hydrogen (secondary N) is 1. The molecule has 0 saturated heterocycles. The third-order valence-corrected chi connectivity index (χ3v) is 5.64. The van der Waals surface area contributed by atoms with Crippen LogP contribution in [0, 0.1) is 5.92 Å². The Labute approximate surface area is 146 Å². The van der Waals surface area contributed by atoms with Gasteiger partial charge in [-0.25, -0.2) is 4.98 Å². The molecule has 0 radical (unpaired) electrons. The van der Waals surface area contributed by atoms with E-state index in [2.05, 4.69) is 57.3 Å². The highest BCUT2D eigenvalue weighted by molar-refractivity contribution is 5.86. The molecule has 126 valence electrons. The van der Waals surface area contributed by atoms with Crippen molar-refractivity contribution in [2.45, 2.75) is 37.8 Å². The Balaban J connectivity index is 1.25. The summed E-state index contributed by atoms with van der Waals surface area (Å²) in [7, 11) is 0. The molecule has 2 heterocycles. The molecule has 1 saturated carbocycles. The highest BCUT2D eigenvalue weighted by Gasteiger charge is 2.44. The van der Waals surface area contributed by atoms with Gasteiger partial charge in [-0.1, -0.05) is 42.5 Å². The van der Waals surface area contributed by atoms with Gasteiger partial charge in [-0.05, 0) is 41.5 Å². The van der Waals surface area contributed by atoms with Crippen LogP contribution in [0.1, 0.15) is 30.0 Å². The van der Waals surface area contributed by atoms with Gasteiger partial charge in [0.15, 0.2) is 0 Å². The van der Waals surface area contributed by atoms with E-state index in [1.54, 1.807) is 0 Å². The second kappa shape index (κ2) is 5.73. The first-order chi connectivity index (χ1) is 12.3. The number of fused-ring (bicyclic) bond motifs is 2. The van der Waals surface area contributed by atoms with Gasteiger partial charge in [0.05, 0.1) is 6.33 Å². The Morgan fingerprint density at radius 1 is 1.16 bits per heavy atom. The number of amides is 1. The Kier molecular flexibility index (Phi) is 3.37. The van der Waals surface area contributed by atoms with Crippen LogP contribution in [0.15, 0.2) is 55.0 Å². The van der Waals surface area contributed by atoms with Crippen LogP contribution in [0.3, 0.4) is 0 Å². The zero-order chi connectivity index (χ0) is 16.8. The average molecular weight is 331 g/mol. The van der Waals surface area contributed by atoms with Gasteiger partial charge < -0.3 is 9.88 Å². The van der Waals surface area contributed by atoms with E-state index in [4.69, 9.17) is 0 Å². The van der Waals surface area contributed by atoms with Crippen molar-refractivity contribution in [1.29, 1.82) is 0 Å². The van der Waals surface area contributed by atoms with Crippen molar-refractivity contribution >= 4 is 16.7 Å². The fraction of sp³-hybridized carbons (Fsp3) is 0.333. The van der Waals surface area contributed by atoms with Gasteiger partial charge in [-0.15, -0.1) is 0 Å². The lowest BCUT2D eigenvalue weighted by Gasteiger charge is -2.25. The number of carbonyl (C=O) groups is 1. The topological polar surface area (TPSA) is 46.9 Å². The molecule has 2 aliphatic rings. The zero-order valence-corrected chi connectivity index (χ0v) is 14.1. The monoisotopic (exact) mass is 331 g/mol. The van der Waals surface area contributed by atoms with Crippen LogP contribution in [-0.2, 0) is 17.8 Å². The number of imidazole rings is 1. The van der Waals surface area contributed by atoms with Gasteiger partial charge in [-0.2, -0.15) is 0 Å². The number of nitrogens with zero attached hydrogens (tertiary/aromatic N) is 2. The van der Waals surface area contributed by atoms with Gasteiger partial charge in [0.1, 0.15) is 0 Å². The normalized spacial score (nSPS) is 24.7. The van der Waals surface area contributed by atoms with E-state index in [0.717, 1.165) is 25.8 Å². The first-order valence-corrected chi connectivity index (χ1v) is 9.06. The molecule has 5 rings (SSSR count). The zero-order valence-electron chi connectivity index (χ0n) is 14.1.